The van der Waals surface area contributed by atoms with Crippen LogP contribution in [0.5, 0.6) is 0 Å². The molecular formula is C18H19F3N4S. The number of aromatic nitrogens is 1. The van der Waals surface area contributed by atoms with Gasteiger partial charge in [-0.3, -0.25) is 5.43 Å². The van der Waals surface area contributed by atoms with Gasteiger partial charge in [0.25, 0.3) is 0 Å². The molecule has 0 spiro atoms. The van der Waals surface area contributed by atoms with Crippen molar-refractivity contribution in [1.82, 2.24) is 15.3 Å². The topological polar surface area (TPSA) is 40.5 Å². The summed E-state index contributed by atoms with van der Waals surface area (Å²) in [6, 6.07) is 10.2. The molecule has 8 heteroatoms. The van der Waals surface area contributed by atoms with Crippen LogP contribution in [0.2, 0.25) is 0 Å². The molecule has 0 unspecified atom stereocenters. The zero-order valence-corrected chi connectivity index (χ0v) is 15.2. The highest BCUT2D eigenvalue weighted by Gasteiger charge is 2.33. The Morgan fingerprint density at radius 3 is 2.50 bits per heavy atom. The minimum absolute atomic E-state index is 0.0295. The Kier molecular flexibility index (Phi) is 6.68. The first kappa shape index (κ1) is 19.8. The van der Waals surface area contributed by atoms with Crippen LogP contribution in [0.1, 0.15) is 25.1 Å². The molecule has 138 valence electrons. The van der Waals surface area contributed by atoms with Gasteiger partial charge in [-0.1, -0.05) is 24.3 Å². The molecule has 4 nitrogen and oxygen atoms in total. The Hall–Kier alpha value is -2.48. The molecule has 0 aliphatic rings. The molecule has 1 heterocycles. The first-order chi connectivity index (χ1) is 12.4. The molecule has 0 atom stereocenters. The van der Waals surface area contributed by atoms with Gasteiger partial charge in [-0.25, -0.2) is 4.98 Å². The number of hydrogen-bond acceptors (Lipinski definition) is 3. The predicted octanol–water partition coefficient (Wildman–Crippen LogP) is 4.32. The Balaban J connectivity index is 2.22. The lowest BCUT2D eigenvalue weighted by molar-refractivity contribution is -0.137. The molecule has 0 bridgehead atoms. The molecule has 0 aliphatic heterocycles. The second-order valence-corrected chi connectivity index (χ2v) is 5.73. The van der Waals surface area contributed by atoms with Crippen LogP contribution in [-0.2, 0) is 6.18 Å². The van der Waals surface area contributed by atoms with E-state index < -0.39 is 11.7 Å². The first-order valence-corrected chi connectivity index (χ1v) is 8.49. The molecule has 0 amide bonds. The highest BCUT2D eigenvalue weighted by molar-refractivity contribution is 7.80. The molecule has 0 radical (unpaired) electrons. The van der Waals surface area contributed by atoms with E-state index in [9.17, 15) is 13.2 Å². The minimum atomic E-state index is -4.44. The summed E-state index contributed by atoms with van der Waals surface area (Å²) >= 11 is 5.21. The SMILES string of the molecule is CCN(CC)C(=S)NN=Cc1cccc(-c2ccccc2C(F)(F)F)n1. The molecule has 1 N–H and O–H groups in total. The number of nitrogens with zero attached hydrogens (tertiary/aromatic N) is 3. The van der Waals surface area contributed by atoms with Gasteiger partial charge in [0.15, 0.2) is 5.11 Å². The van der Waals surface area contributed by atoms with Crippen molar-refractivity contribution in [1.29, 1.82) is 0 Å². The van der Waals surface area contributed by atoms with E-state index in [0.717, 1.165) is 19.2 Å². The third kappa shape index (κ3) is 5.01. The van der Waals surface area contributed by atoms with E-state index in [1.54, 1.807) is 18.2 Å². The molecule has 0 saturated carbocycles. The standard InChI is InChI=1S/C18H19F3N4S/c1-3-25(4-2)17(26)24-22-12-13-8-7-11-16(23-13)14-9-5-6-10-15(14)18(19,20)21/h5-12H,3-4H2,1-2H3,(H,24,26). The number of rotatable bonds is 5. The Labute approximate surface area is 155 Å². The van der Waals surface area contributed by atoms with Crippen LogP contribution in [0.25, 0.3) is 11.3 Å². The monoisotopic (exact) mass is 380 g/mol. The average Bonchev–Trinajstić information content (AvgIpc) is 2.62. The smallest absolute Gasteiger partial charge is 0.348 e. The van der Waals surface area contributed by atoms with E-state index in [2.05, 4.69) is 15.5 Å². The fourth-order valence-corrected chi connectivity index (χ4v) is 2.67. The average molecular weight is 380 g/mol. The van der Waals surface area contributed by atoms with Crippen LogP contribution in [0.4, 0.5) is 13.2 Å². The zero-order valence-electron chi connectivity index (χ0n) is 14.4. The summed E-state index contributed by atoms with van der Waals surface area (Å²) in [5.41, 5.74) is 2.70. The highest BCUT2D eigenvalue weighted by Crippen LogP contribution is 2.36. The summed E-state index contributed by atoms with van der Waals surface area (Å²) in [5, 5.41) is 4.50. The summed E-state index contributed by atoms with van der Waals surface area (Å²) < 4.78 is 39.6. The summed E-state index contributed by atoms with van der Waals surface area (Å²) in [6.07, 6.45) is -3.02. The molecular weight excluding hydrogens is 361 g/mol. The number of nitrogens with one attached hydrogen (secondary N) is 1. The van der Waals surface area contributed by atoms with Gasteiger partial charge in [0.1, 0.15) is 0 Å². The molecule has 1 aromatic carbocycles. The van der Waals surface area contributed by atoms with Crippen LogP contribution in [0.15, 0.2) is 47.6 Å². The number of hydrazone groups is 1. The molecule has 0 aliphatic carbocycles. The fraction of sp³-hybridized carbons (Fsp3) is 0.278. The number of pyridine rings is 1. The maximum Gasteiger partial charge on any atom is 0.417 e. The third-order valence-corrected chi connectivity index (χ3v) is 4.04. The van der Waals surface area contributed by atoms with Gasteiger partial charge in [-0.05, 0) is 44.3 Å². The molecule has 2 aromatic rings. The molecule has 0 saturated heterocycles. The highest BCUT2D eigenvalue weighted by atomic mass is 32.1. The van der Waals surface area contributed by atoms with E-state index in [0.29, 0.717) is 10.8 Å². The van der Waals surface area contributed by atoms with E-state index >= 15 is 0 Å². The number of thiocarbonyl (C=S) groups is 1. The normalized spacial score (nSPS) is 11.6. The number of benzene rings is 1. The molecule has 1 aromatic heterocycles. The van der Waals surface area contributed by atoms with Crippen molar-refractivity contribution < 1.29 is 13.2 Å². The van der Waals surface area contributed by atoms with Gasteiger partial charge in [0.05, 0.1) is 23.2 Å². The van der Waals surface area contributed by atoms with Crippen molar-refractivity contribution in [3.63, 3.8) is 0 Å². The minimum Gasteiger partial charge on any atom is -0.348 e. The summed E-state index contributed by atoms with van der Waals surface area (Å²) in [7, 11) is 0. The lowest BCUT2D eigenvalue weighted by atomic mass is 10.0. The van der Waals surface area contributed by atoms with Gasteiger partial charge >= 0.3 is 6.18 Å². The van der Waals surface area contributed by atoms with Crippen molar-refractivity contribution in [2.75, 3.05) is 13.1 Å². The van der Waals surface area contributed by atoms with Gasteiger partial charge < -0.3 is 4.90 Å². The van der Waals surface area contributed by atoms with Crippen molar-refractivity contribution in [3.05, 3.63) is 53.7 Å². The second kappa shape index (κ2) is 8.75. The number of alkyl halides is 3. The maximum atomic E-state index is 13.2. The van der Waals surface area contributed by atoms with Crippen LogP contribution >= 0.6 is 12.2 Å². The van der Waals surface area contributed by atoms with E-state index in [1.165, 1.54) is 24.4 Å². The van der Waals surface area contributed by atoms with Crippen molar-refractivity contribution in [3.8, 4) is 11.3 Å². The zero-order chi connectivity index (χ0) is 19.2. The van der Waals surface area contributed by atoms with E-state index in [4.69, 9.17) is 12.2 Å². The van der Waals surface area contributed by atoms with E-state index in [-0.39, 0.29) is 11.3 Å². The van der Waals surface area contributed by atoms with Crippen molar-refractivity contribution in [2.45, 2.75) is 20.0 Å². The third-order valence-electron chi connectivity index (χ3n) is 3.69. The predicted molar refractivity (Wildman–Crippen MR) is 101 cm³/mol. The largest absolute Gasteiger partial charge is 0.417 e. The second-order valence-electron chi connectivity index (χ2n) is 5.34. The lowest BCUT2D eigenvalue weighted by Crippen LogP contribution is -2.37. The Morgan fingerprint density at radius 2 is 1.85 bits per heavy atom. The summed E-state index contributed by atoms with van der Waals surface area (Å²) in [6.45, 7) is 5.45. The van der Waals surface area contributed by atoms with E-state index in [1.807, 2.05) is 18.7 Å². The van der Waals surface area contributed by atoms with Gasteiger partial charge in [-0.15, -0.1) is 0 Å². The fourth-order valence-electron chi connectivity index (χ4n) is 2.36. The van der Waals surface area contributed by atoms with Crippen molar-refractivity contribution in [2.24, 2.45) is 5.10 Å². The summed E-state index contributed by atoms with van der Waals surface area (Å²) in [4.78, 5) is 6.17. The van der Waals surface area contributed by atoms with Crippen LogP contribution in [0.3, 0.4) is 0 Å². The van der Waals surface area contributed by atoms with Crippen LogP contribution in [-0.4, -0.2) is 34.3 Å². The number of hydrogen-bond donors (Lipinski definition) is 1. The number of halogens is 3. The molecule has 2 rings (SSSR count). The first-order valence-electron chi connectivity index (χ1n) is 8.08. The lowest BCUT2D eigenvalue weighted by Gasteiger charge is -2.20. The molecule has 0 fully saturated rings. The Bertz CT molecular complexity index is 786. The van der Waals surface area contributed by atoms with Gasteiger partial charge in [-0.2, -0.15) is 18.3 Å². The molecule has 26 heavy (non-hydrogen) atoms. The summed E-state index contributed by atoms with van der Waals surface area (Å²) in [5.74, 6) is 0. The van der Waals surface area contributed by atoms with Crippen molar-refractivity contribution >= 4 is 23.5 Å². The van der Waals surface area contributed by atoms with Gasteiger partial charge in [0.2, 0.25) is 0 Å². The quantitative estimate of drug-likeness (QED) is 0.477. The van der Waals surface area contributed by atoms with Gasteiger partial charge in [0, 0.05) is 18.7 Å². The Morgan fingerprint density at radius 1 is 1.15 bits per heavy atom. The van der Waals surface area contributed by atoms with Crippen LogP contribution in [0, 0.1) is 0 Å². The maximum absolute atomic E-state index is 13.2. The van der Waals surface area contributed by atoms with Crippen LogP contribution < -0.4 is 5.43 Å².